The molecule has 0 bridgehead atoms. The summed E-state index contributed by atoms with van der Waals surface area (Å²) in [5.74, 6) is 0. The van der Waals surface area contributed by atoms with Gasteiger partial charge in [0.1, 0.15) is 0 Å². The second-order valence-electron chi connectivity index (χ2n) is 14.8. The lowest BCUT2D eigenvalue weighted by Gasteiger charge is -2.24. The van der Waals surface area contributed by atoms with Gasteiger partial charge < -0.3 is 4.57 Å². The minimum absolute atomic E-state index is 0.144. The van der Waals surface area contributed by atoms with Crippen molar-refractivity contribution >= 4 is 45.3 Å². The highest BCUT2D eigenvalue weighted by molar-refractivity contribution is 8.05. The summed E-state index contributed by atoms with van der Waals surface area (Å²) in [6.07, 6.45) is 0. The van der Waals surface area contributed by atoms with Crippen molar-refractivity contribution in [1.82, 2.24) is 9.55 Å². The lowest BCUT2D eigenvalue weighted by Crippen LogP contribution is -2.15. The third-order valence-electron chi connectivity index (χ3n) is 11.2. The van der Waals surface area contributed by atoms with E-state index >= 15 is 0 Å². The van der Waals surface area contributed by atoms with Crippen LogP contribution in [0.5, 0.6) is 0 Å². The number of fused-ring (bicyclic) bond motifs is 8. The molecule has 54 heavy (non-hydrogen) atoms. The van der Waals surface area contributed by atoms with Gasteiger partial charge in [0.05, 0.1) is 22.4 Å². The predicted molar refractivity (Wildman–Crippen MR) is 227 cm³/mol. The number of para-hydroxylation sites is 1. The summed E-state index contributed by atoms with van der Waals surface area (Å²) in [4.78, 5) is 10.7. The lowest BCUT2D eigenvalue weighted by molar-refractivity contribution is 0.658. The molecule has 0 atom stereocenters. The van der Waals surface area contributed by atoms with Crippen LogP contribution < -0.4 is 0 Å². The van der Waals surface area contributed by atoms with Gasteiger partial charge in [0.2, 0.25) is 0 Å². The zero-order valence-corrected chi connectivity index (χ0v) is 31.5. The minimum atomic E-state index is -0.144. The monoisotopic (exact) mass is 726 g/mol. The Morgan fingerprint density at radius 1 is 0.426 bits per heavy atom. The maximum atomic E-state index is 5.27. The van der Waals surface area contributed by atoms with Gasteiger partial charge in [-0.3, -0.25) is 0 Å². The summed E-state index contributed by atoms with van der Waals surface area (Å²) in [6.45, 7) is 4.79. The van der Waals surface area contributed by atoms with E-state index in [2.05, 4.69) is 188 Å². The van der Waals surface area contributed by atoms with Crippen LogP contribution in [-0.4, -0.2) is 9.55 Å². The first-order chi connectivity index (χ1) is 26.5. The van der Waals surface area contributed by atoms with E-state index in [4.69, 9.17) is 4.98 Å². The maximum absolute atomic E-state index is 5.27. The molecule has 0 amide bonds. The molecule has 256 valence electrons. The highest BCUT2D eigenvalue weighted by Crippen LogP contribution is 2.56. The Kier molecular flexibility index (Phi) is 7.11. The van der Waals surface area contributed by atoms with Crippen molar-refractivity contribution in [1.29, 1.82) is 0 Å². The van der Waals surface area contributed by atoms with E-state index in [1.165, 1.54) is 69.2 Å². The van der Waals surface area contributed by atoms with E-state index in [0.717, 1.165) is 33.8 Å². The molecule has 4 heteroatoms. The molecular weight excluding hydrogens is 693 g/mol. The van der Waals surface area contributed by atoms with Gasteiger partial charge in [-0.2, -0.15) is 0 Å². The van der Waals surface area contributed by atoms with Gasteiger partial charge in [-0.05, 0) is 100 Å². The standard InChI is InChI=1S/C50H34N2S2/c1-50(2)40-29-45-39(27-37(40)38-28-48-49(30-41(38)50)54-47-23-12-11-22-46(47)53-48)36-20-9-10-21-44(36)52(45)35-19-13-18-33(24-35)43-26-34(31-14-5-3-6-15-31)25-42(51-43)32-16-7-4-8-17-32/h3-30H,1-2H3. The molecule has 0 radical (unpaired) electrons. The minimum Gasteiger partial charge on any atom is -0.309 e. The van der Waals surface area contributed by atoms with Gasteiger partial charge in [-0.25, -0.2) is 4.98 Å². The van der Waals surface area contributed by atoms with Crippen molar-refractivity contribution in [2.75, 3.05) is 0 Å². The first-order valence-electron chi connectivity index (χ1n) is 18.4. The van der Waals surface area contributed by atoms with Crippen LogP contribution in [0.3, 0.4) is 0 Å². The van der Waals surface area contributed by atoms with E-state index in [1.807, 2.05) is 23.5 Å². The summed E-state index contributed by atoms with van der Waals surface area (Å²) in [5, 5.41) is 2.54. The van der Waals surface area contributed by atoms with Crippen LogP contribution in [0.2, 0.25) is 0 Å². The quantitative estimate of drug-likeness (QED) is 0.180. The average molecular weight is 727 g/mol. The van der Waals surface area contributed by atoms with Crippen molar-refractivity contribution in [3.63, 3.8) is 0 Å². The van der Waals surface area contributed by atoms with E-state index in [0.29, 0.717) is 0 Å². The molecule has 0 saturated heterocycles. The summed E-state index contributed by atoms with van der Waals surface area (Å²) in [6, 6.07) is 62.0. The van der Waals surface area contributed by atoms with Crippen LogP contribution in [0.15, 0.2) is 189 Å². The number of nitrogens with zero attached hydrogens (tertiary/aromatic N) is 2. The average Bonchev–Trinajstić information content (AvgIpc) is 3.66. The van der Waals surface area contributed by atoms with Gasteiger partial charge in [0.15, 0.2) is 0 Å². The van der Waals surface area contributed by atoms with Crippen molar-refractivity contribution in [3.05, 3.63) is 181 Å². The third kappa shape index (κ3) is 4.94. The smallest absolute Gasteiger partial charge is 0.0716 e. The van der Waals surface area contributed by atoms with Crippen LogP contribution in [0.1, 0.15) is 25.0 Å². The number of benzene rings is 7. The normalized spacial score (nSPS) is 13.7. The third-order valence-corrected chi connectivity index (χ3v) is 13.7. The van der Waals surface area contributed by atoms with Gasteiger partial charge >= 0.3 is 0 Å². The molecule has 0 saturated carbocycles. The summed E-state index contributed by atoms with van der Waals surface area (Å²) in [5.41, 5.74) is 15.4. The van der Waals surface area contributed by atoms with Gasteiger partial charge in [-0.15, -0.1) is 0 Å². The van der Waals surface area contributed by atoms with Crippen LogP contribution in [0, 0.1) is 0 Å². The molecule has 9 aromatic rings. The molecule has 2 aliphatic rings. The number of pyridine rings is 1. The zero-order valence-electron chi connectivity index (χ0n) is 29.9. The van der Waals surface area contributed by atoms with E-state index in [9.17, 15) is 0 Å². The Hall–Kier alpha value is -5.81. The Balaban J connectivity index is 1.08. The lowest BCUT2D eigenvalue weighted by atomic mass is 9.82. The van der Waals surface area contributed by atoms with Gasteiger partial charge in [0.25, 0.3) is 0 Å². The predicted octanol–water partition coefficient (Wildman–Crippen LogP) is 14.1. The molecule has 11 rings (SSSR count). The Morgan fingerprint density at radius 2 is 1.02 bits per heavy atom. The topological polar surface area (TPSA) is 17.8 Å². The van der Waals surface area contributed by atoms with Gasteiger partial charge in [-0.1, -0.05) is 140 Å². The first-order valence-corrected chi connectivity index (χ1v) is 20.1. The molecule has 3 heterocycles. The number of hydrogen-bond donors (Lipinski definition) is 0. The summed E-state index contributed by atoms with van der Waals surface area (Å²) in [7, 11) is 0. The maximum Gasteiger partial charge on any atom is 0.0716 e. The molecule has 2 aromatic heterocycles. The molecule has 7 aromatic carbocycles. The van der Waals surface area contributed by atoms with Crippen LogP contribution in [-0.2, 0) is 5.41 Å². The fraction of sp³-hybridized carbons (Fsp3) is 0.0600. The Bertz CT molecular complexity index is 2900. The second-order valence-corrected chi connectivity index (χ2v) is 17.0. The van der Waals surface area contributed by atoms with Crippen LogP contribution >= 0.6 is 23.5 Å². The SMILES string of the molecule is CC1(C)c2cc3c(cc2-c2cc4c5ccccc5n(-c5cccc(-c6cc(-c7ccccc7)cc(-c7ccccc7)n6)c5)c4cc21)Sc1ccccc1S3. The van der Waals surface area contributed by atoms with Crippen LogP contribution in [0.4, 0.5) is 0 Å². The van der Waals surface area contributed by atoms with Crippen molar-refractivity contribution < 1.29 is 0 Å². The zero-order chi connectivity index (χ0) is 36.0. The summed E-state index contributed by atoms with van der Waals surface area (Å²) >= 11 is 3.80. The highest BCUT2D eigenvalue weighted by Gasteiger charge is 2.38. The van der Waals surface area contributed by atoms with Crippen molar-refractivity contribution in [2.45, 2.75) is 38.8 Å². The first kappa shape index (κ1) is 31.7. The number of rotatable bonds is 4. The van der Waals surface area contributed by atoms with E-state index in [1.54, 1.807) is 0 Å². The van der Waals surface area contributed by atoms with Crippen molar-refractivity contribution in [3.8, 4) is 50.5 Å². The molecule has 1 aliphatic heterocycles. The molecule has 0 fully saturated rings. The molecular formula is C50H34N2S2. The Labute approximate surface area is 323 Å². The molecule has 0 unspecified atom stereocenters. The van der Waals surface area contributed by atoms with E-state index in [-0.39, 0.29) is 5.41 Å². The largest absolute Gasteiger partial charge is 0.309 e. The van der Waals surface area contributed by atoms with Crippen LogP contribution in [0.25, 0.3) is 72.3 Å². The van der Waals surface area contributed by atoms with Crippen molar-refractivity contribution in [2.24, 2.45) is 0 Å². The van der Waals surface area contributed by atoms with Gasteiger partial charge in [0, 0.05) is 52.6 Å². The molecule has 1 aliphatic carbocycles. The highest BCUT2D eigenvalue weighted by atomic mass is 32.2. The fourth-order valence-electron chi connectivity index (χ4n) is 8.53. The molecule has 2 nitrogen and oxygen atoms in total. The number of hydrogen-bond acceptors (Lipinski definition) is 3. The summed E-state index contributed by atoms with van der Waals surface area (Å²) < 4.78 is 2.46. The Morgan fingerprint density at radius 3 is 1.78 bits per heavy atom. The fourth-order valence-corrected chi connectivity index (χ4v) is 10.8. The molecule has 0 spiro atoms. The van der Waals surface area contributed by atoms with E-state index < -0.39 is 0 Å². The number of aromatic nitrogens is 2. The molecule has 0 N–H and O–H groups in total. The second kappa shape index (κ2) is 12.1.